The molecule has 0 aliphatic heterocycles. The van der Waals surface area contributed by atoms with Crippen molar-refractivity contribution in [2.45, 2.75) is 25.5 Å². The lowest BCUT2D eigenvalue weighted by molar-refractivity contribution is 0.163. The summed E-state index contributed by atoms with van der Waals surface area (Å²) in [5.74, 6) is -1.32. The number of rotatable bonds is 5. The zero-order chi connectivity index (χ0) is 14.5. The predicted octanol–water partition coefficient (Wildman–Crippen LogP) is 3.22. The van der Waals surface area contributed by atoms with Crippen LogP contribution in [-0.2, 0) is 0 Å². The Morgan fingerprint density at radius 3 is 2.55 bits per heavy atom. The standard InChI is InChI=1S/C15H16F2N2O/c1-2-13(18)15(10-5-7-19-8-6-10)20-14-9-11(16)3-4-12(14)17/h3-9,13,15H,2,18H2,1H3. The van der Waals surface area contributed by atoms with Crippen LogP contribution in [0.3, 0.4) is 0 Å². The largest absolute Gasteiger partial charge is 0.481 e. The summed E-state index contributed by atoms with van der Waals surface area (Å²) in [5.41, 5.74) is 6.80. The molecule has 0 amide bonds. The first-order valence-corrected chi connectivity index (χ1v) is 6.39. The number of hydrogen-bond donors (Lipinski definition) is 1. The lowest BCUT2D eigenvalue weighted by Gasteiger charge is -2.24. The van der Waals surface area contributed by atoms with Crippen LogP contribution in [0.4, 0.5) is 8.78 Å². The highest BCUT2D eigenvalue weighted by Crippen LogP contribution is 2.27. The Bertz CT molecular complexity index is 563. The topological polar surface area (TPSA) is 48.1 Å². The average molecular weight is 278 g/mol. The first-order valence-electron chi connectivity index (χ1n) is 6.39. The van der Waals surface area contributed by atoms with Crippen LogP contribution in [0.15, 0.2) is 42.7 Å². The number of ether oxygens (including phenoxy) is 1. The minimum atomic E-state index is -0.617. The summed E-state index contributed by atoms with van der Waals surface area (Å²) >= 11 is 0. The second kappa shape index (κ2) is 6.43. The molecule has 0 spiro atoms. The molecular formula is C15H16F2N2O. The van der Waals surface area contributed by atoms with Crippen LogP contribution in [0, 0.1) is 11.6 Å². The lowest BCUT2D eigenvalue weighted by Crippen LogP contribution is -2.31. The molecule has 0 bridgehead atoms. The molecule has 0 aliphatic rings. The Morgan fingerprint density at radius 1 is 1.20 bits per heavy atom. The van der Waals surface area contributed by atoms with E-state index in [1.54, 1.807) is 24.5 Å². The summed E-state index contributed by atoms with van der Waals surface area (Å²) in [5, 5.41) is 0. The molecule has 0 aliphatic carbocycles. The van der Waals surface area contributed by atoms with Crippen LogP contribution in [0.5, 0.6) is 5.75 Å². The monoisotopic (exact) mass is 278 g/mol. The smallest absolute Gasteiger partial charge is 0.165 e. The third kappa shape index (κ3) is 3.30. The molecule has 106 valence electrons. The van der Waals surface area contributed by atoms with Gasteiger partial charge in [0, 0.05) is 24.5 Å². The van der Waals surface area contributed by atoms with E-state index in [0.29, 0.717) is 6.42 Å². The molecular weight excluding hydrogens is 262 g/mol. The van der Waals surface area contributed by atoms with Crippen molar-refractivity contribution in [1.29, 1.82) is 0 Å². The Labute approximate surface area is 116 Å². The minimum absolute atomic E-state index is 0.143. The van der Waals surface area contributed by atoms with Gasteiger partial charge in [-0.2, -0.15) is 0 Å². The molecule has 1 aromatic heterocycles. The maximum absolute atomic E-state index is 13.7. The van der Waals surface area contributed by atoms with E-state index >= 15 is 0 Å². The zero-order valence-electron chi connectivity index (χ0n) is 11.1. The fraction of sp³-hybridized carbons (Fsp3) is 0.267. The Balaban J connectivity index is 2.31. The van der Waals surface area contributed by atoms with Gasteiger partial charge in [-0.25, -0.2) is 8.78 Å². The number of aromatic nitrogens is 1. The number of nitrogens with zero attached hydrogens (tertiary/aromatic N) is 1. The molecule has 2 rings (SSSR count). The van der Waals surface area contributed by atoms with Gasteiger partial charge in [-0.1, -0.05) is 6.92 Å². The highest BCUT2D eigenvalue weighted by Gasteiger charge is 2.22. The summed E-state index contributed by atoms with van der Waals surface area (Å²) in [7, 11) is 0. The van der Waals surface area contributed by atoms with E-state index in [9.17, 15) is 8.78 Å². The van der Waals surface area contributed by atoms with E-state index in [-0.39, 0.29) is 11.8 Å². The Morgan fingerprint density at radius 2 is 1.90 bits per heavy atom. The lowest BCUT2D eigenvalue weighted by atomic mass is 10.0. The molecule has 2 unspecified atom stereocenters. The number of pyridine rings is 1. The predicted molar refractivity (Wildman–Crippen MR) is 72.2 cm³/mol. The van der Waals surface area contributed by atoms with Gasteiger partial charge in [0.05, 0.1) is 0 Å². The SMILES string of the molecule is CCC(N)C(Oc1cc(F)ccc1F)c1ccncc1. The highest BCUT2D eigenvalue weighted by atomic mass is 19.1. The summed E-state index contributed by atoms with van der Waals surface area (Å²) in [6.07, 6.45) is 3.30. The molecule has 3 nitrogen and oxygen atoms in total. The van der Waals surface area contributed by atoms with Crippen molar-refractivity contribution in [3.05, 3.63) is 59.9 Å². The quantitative estimate of drug-likeness (QED) is 0.913. The molecule has 0 saturated heterocycles. The summed E-state index contributed by atoms with van der Waals surface area (Å²) in [6.45, 7) is 1.91. The van der Waals surface area contributed by atoms with Gasteiger partial charge in [0.25, 0.3) is 0 Å². The number of halogens is 2. The minimum Gasteiger partial charge on any atom is -0.481 e. The summed E-state index contributed by atoms with van der Waals surface area (Å²) in [4.78, 5) is 3.92. The van der Waals surface area contributed by atoms with Gasteiger partial charge in [0.15, 0.2) is 11.6 Å². The molecule has 2 aromatic rings. The molecule has 20 heavy (non-hydrogen) atoms. The highest BCUT2D eigenvalue weighted by molar-refractivity contribution is 5.27. The second-order valence-electron chi connectivity index (χ2n) is 4.47. The van der Waals surface area contributed by atoms with Crippen LogP contribution in [0.25, 0.3) is 0 Å². The van der Waals surface area contributed by atoms with E-state index in [1.165, 1.54) is 0 Å². The van der Waals surface area contributed by atoms with E-state index in [0.717, 1.165) is 23.8 Å². The van der Waals surface area contributed by atoms with Crippen molar-refractivity contribution in [2.75, 3.05) is 0 Å². The normalized spacial score (nSPS) is 13.8. The molecule has 0 fully saturated rings. The molecule has 5 heteroatoms. The van der Waals surface area contributed by atoms with Gasteiger partial charge in [-0.05, 0) is 36.2 Å². The van der Waals surface area contributed by atoms with Crippen molar-refractivity contribution in [3.8, 4) is 5.75 Å². The van der Waals surface area contributed by atoms with Crippen LogP contribution in [-0.4, -0.2) is 11.0 Å². The third-order valence-corrected chi connectivity index (χ3v) is 3.04. The van der Waals surface area contributed by atoms with E-state index < -0.39 is 17.7 Å². The second-order valence-corrected chi connectivity index (χ2v) is 4.47. The van der Waals surface area contributed by atoms with Crippen LogP contribution in [0.2, 0.25) is 0 Å². The van der Waals surface area contributed by atoms with Gasteiger partial charge < -0.3 is 10.5 Å². The Kier molecular flexibility index (Phi) is 4.63. The molecule has 1 aromatic carbocycles. The first-order chi connectivity index (χ1) is 9.61. The molecule has 0 radical (unpaired) electrons. The average Bonchev–Trinajstić information content (AvgIpc) is 2.48. The van der Waals surface area contributed by atoms with Crippen molar-refractivity contribution in [2.24, 2.45) is 5.73 Å². The van der Waals surface area contributed by atoms with Crippen LogP contribution < -0.4 is 10.5 Å². The van der Waals surface area contributed by atoms with Crippen molar-refractivity contribution >= 4 is 0 Å². The van der Waals surface area contributed by atoms with Gasteiger partial charge >= 0.3 is 0 Å². The van der Waals surface area contributed by atoms with E-state index in [4.69, 9.17) is 10.5 Å². The van der Waals surface area contributed by atoms with Gasteiger partial charge in [-0.3, -0.25) is 4.98 Å². The van der Waals surface area contributed by atoms with E-state index in [1.807, 2.05) is 6.92 Å². The number of hydrogen-bond acceptors (Lipinski definition) is 3. The van der Waals surface area contributed by atoms with Crippen LogP contribution in [0.1, 0.15) is 25.0 Å². The van der Waals surface area contributed by atoms with Crippen molar-refractivity contribution in [3.63, 3.8) is 0 Å². The Hall–Kier alpha value is -2.01. The zero-order valence-corrected chi connectivity index (χ0v) is 11.1. The van der Waals surface area contributed by atoms with Gasteiger partial charge in [0.1, 0.15) is 11.9 Å². The van der Waals surface area contributed by atoms with Crippen molar-refractivity contribution < 1.29 is 13.5 Å². The van der Waals surface area contributed by atoms with Gasteiger partial charge in [-0.15, -0.1) is 0 Å². The molecule has 1 heterocycles. The fourth-order valence-electron chi connectivity index (χ4n) is 1.87. The van der Waals surface area contributed by atoms with E-state index in [2.05, 4.69) is 4.98 Å². The summed E-state index contributed by atoms with van der Waals surface area (Å²) < 4.78 is 32.5. The summed E-state index contributed by atoms with van der Waals surface area (Å²) in [6, 6.07) is 6.26. The maximum atomic E-state index is 13.7. The first kappa shape index (κ1) is 14.4. The number of benzene rings is 1. The third-order valence-electron chi connectivity index (χ3n) is 3.04. The molecule has 2 N–H and O–H groups in total. The molecule has 2 atom stereocenters. The van der Waals surface area contributed by atoms with Crippen molar-refractivity contribution in [1.82, 2.24) is 4.98 Å². The molecule has 0 saturated carbocycles. The number of nitrogens with two attached hydrogens (primary N) is 1. The fourth-order valence-corrected chi connectivity index (χ4v) is 1.87. The maximum Gasteiger partial charge on any atom is 0.165 e. The van der Waals surface area contributed by atoms with Crippen LogP contribution >= 0.6 is 0 Å². The van der Waals surface area contributed by atoms with Gasteiger partial charge in [0.2, 0.25) is 0 Å².